The summed E-state index contributed by atoms with van der Waals surface area (Å²) in [5.41, 5.74) is 14.3. The fraction of sp³-hybridized carbons (Fsp3) is 0.214. The lowest BCUT2D eigenvalue weighted by molar-refractivity contribution is 0.731. The highest BCUT2D eigenvalue weighted by molar-refractivity contribution is 5.50. The summed E-state index contributed by atoms with van der Waals surface area (Å²) in [6.45, 7) is 1.93. The zero-order chi connectivity index (χ0) is 13.0. The van der Waals surface area contributed by atoms with Gasteiger partial charge >= 0.3 is 0 Å². The van der Waals surface area contributed by atoms with Gasteiger partial charge in [-0.3, -0.25) is 0 Å². The summed E-state index contributed by atoms with van der Waals surface area (Å²) in [5, 5.41) is 0. The van der Waals surface area contributed by atoms with Gasteiger partial charge in [-0.1, -0.05) is 30.3 Å². The molecule has 5 N–H and O–H groups in total. The second kappa shape index (κ2) is 5.62. The maximum absolute atomic E-state index is 6.27. The number of hydrogen-bond acceptors (Lipinski definition) is 3. The molecular weight excluding hydrogens is 224 g/mol. The van der Waals surface area contributed by atoms with Gasteiger partial charge in [-0.15, -0.1) is 0 Å². The van der Waals surface area contributed by atoms with E-state index < -0.39 is 0 Å². The maximum Gasteiger partial charge on any atom is 0.130 e. The molecule has 0 aliphatic carbocycles. The van der Waals surface area contributed by atoms with Crippen LogP contribution in [0.5, 0.6) is 0 Å². The molecule has 2 rings (SSSR count). The van der Waals surface area contributed by atoms with Crippen LogP contribution in [0.1, 0.15) is 24.4 Å². The second-order valence-corrected chi connectivity index (χ2v) is 4.30. The summed E-state index contributed by atoms with van der Waals surface area (Å²) in [7, 11) is 0. The van der Waals surface area contributed by atoms with Gasteiger partial charge in [0, 0.05) is 18.4 Å². The van der Waals surface area contributed by atoms with Crippen molar-refractivity contribution < 1.29 is 0 Å². The summed E-state index contributed by atoms with van der Waals surface area (Å²) < 4.78 is 0. The molecule has 0 radical (unpaired) electrons. The summed E-state index contributed by atoms with van der Waals surface area (Å²) in [6.07, 6.45) is 5.40. The molecule has 2 atom stereocenters. The molecule has 94 valence electrons. The van der Waals surface area contributed by atoms with Gasteiger partial charge < -0.3 is 16.5 Å². The Hall–Kier alpha value is -1.91. The van der Waals surface area contributed by atoms with Crippen LogP contribution in [0, 0.1) is 0 Å². The number of aromatic amines is 1. The number of nitrogens with zero attached hydrogens (tertiary/aromatic N) is 1. The van der Waals surface area contributed by atoms with Crippen LogP contribution in [0.4, 0.5) is 0 Å². The van der Waals surface area contributed by atoms with Crippen LogP contribution in [0.15, 0.2) is 48.3 Å². The van der Waals surface area contributed by atoms with Crippen molar-refractivity contribution >= 4 is 6.08 Å². The van der Waals surface area contributed by atoms with Crippen LogP contribution in [0.25, 0.3) is 6.08 Å². The molecule has 1 unspecified atom stereocenters. The van der Waals surface area contributed by atoms with Crippen LogP contribution in [0.3, 0.4) is 0 Å². The zero-order valence-electron chi connectivity index (χ0n) is 10.4. The van der Waals surface area contributed by atoms with E-state index in [1.807, 2.05) is 43.3 Å². The molecule has 1 aromatic heterocycles. The first-order valence-corrected chi connectivity index (χ1v) is 5.95. The standard InChI is InChI=1S/C14H18N4/c1-10(15)12(9-13-17-7-8-18-13)14(16)11-5-3-2-4-6-11/h2-10,14H,15-16H2,1H3,(H,17,18)/b12-9-/t10-,14?/m0/s1. The summed E-state index contributed by atoms with van der Waals surface area (Å²) in [4.78, 5) is 7.20. The fourth-order valence-corrected chi connectivity index (χ4v) is 1.87. The van der Waals surface area contributed by atoms with E-state index in [4.69, 9.17) is 11.5 Å². The Bertz CT molecular complexity index is 500. The number of hydrogen-bond donors (Lipinski definition) is 3. The van der Waals surface area contributed by atoms with Crippen LogP contribution in [0.2, 0.25) is 0 Å². The third-order valence-electron chi connectivity index (χ3n) is 2.87. The van der Waals surface area contributed by atoms with E-state index >= 15 is 0 Å². The van der Waals surface area contributed by atoms with E-state index in [-0.39, 0.29) is 12.1 Å². The number of aromatic nitrogens is 2. The third-order valence-corrected chi connectivity index (χ3v) is 2.87. The van der Waals surface area contributed by atoms with Crippen molar-refractivity contribution in [2.75, 3.05) is 0 Å². The van der Waals surface area contributed by atoms with E-state index in [9.17, 15) is 0 Å². The number of nitrogens with two attached hydrogens (primary N) is 2. The van der Waals surface area contributed by atoms with Gasteiger partial charge in [0.1, 0.15) is 5.82 Å². The highest BCUT2D eigenvalue weighted by atomic mass is 14.9. The first-order valence-electron chi connectivity index (χ1n) is 5.95. The fourth-order valence-electron chi connectivity index (χ4n) is 1.87. The molecular formula is C14H18N4. The lowest BCUT2D eigenvalue weighted by atomic mass is 9.94. The average molecular weight is 242 g/mol. The topological polar surface area (TPSA) is 80.7 Å². The number of benzene rings is 1. The Morgan fingerprint density at radius 2 is 2.00 bits per heavy atom. The Morgan fingerprint density at radius 1 is 1.28 bits per heavy atom. The summed E-state index contributed by atoms with van der Waals surface area (Å²) in [6, 6.07) is 9.59. The van der Waals surface area contributed by atoms with E-state index in [0.717, 1.165) is 17.0 Å². The second-order valence-electron chi connectivity index (χ2n) is 4.30. The Balaban J connectivity index is 2.32. The summed E-state index contributed by atoms with van der Waals surface area (Å²) in [5.74, 6) is 0.772. The lowest BCUT2D eigenvalue weighted by Gasteiger charge is -2.19. The minimum absolute atomic E-state index is 0.120. The van der Waals surface area contributed by atoms with E-state index in [2.05, 4.69) is 9.97 Å². The summed E-state index contributed by atoms with van der Waals surface area (Å²) >= 11 is 0. The van der Waals surface area contributed by atoms with Crippen LogP contribution in [-0.2, 0) is 0 Å². The van der Waals surface area contributed by atoms with Gasteiger partial charge in [0.15, 0.2) is 0 Å². The number of nitrogens with one attached hydrogen (secondary N) is 1. The van der Waals surface area contributed by atoms with Crippen molar-refractivity contribution in [3.05, 3.63) is 59.7 Å². The molecule has 0 saturated carbocycles. The molecule has 4 nitrogen and oxygen atoms in total. The highest BCUT2D eigenvalue weighted by Gasteiger charge is 2.15. The zero-order valence-corrected chi connectivity index (χ0v) is 10.4. The Morgan fingerprint density at radius 3 is 2.56 bits per heavy atom. The molecule has 4 heteroatoms. The van der Waals surface area contributed by atoms with Gasteiger partial charge in [0.25, 0.3) is 0 Å². The van der Waals surface area contributed by atoms with Crippen molar-refractivity contribution in [1.82, 2.24) is 9.97 Å². The van der Waals surface area contributed by atoms with Crippen molar-refractivity contribution in [3.8, 4) is 0 Å². The highest BCUT2D eigenvalue weighted by Crippen LogP contribution is 2.22. The minimum atomic E-state index is -0.212. The molecule has 2 aromatic rings. The number of H-pyrrole nitrogens is 1. The Labute approximate surface area is 107 Å². The van der Waals surface area contributed by atoms with Gasteiger partial charge in [0.2, 0.25) is 0 Å². The molecule has 0 saturated heterocycles. The predicted molar refractivity (Wildman–Crippen MR) is 73.6 cm³/mol. The molecule has 1 heterocycles. The molecule has 0 bridgehead atoms. The van der Waals surface area contributed by atoms with Gasteiger partial charge in [-0.25, -0.2) is 4.98 Å². The Kier molecular flexibility index (Phi) is 3.92. The average Bonchev–Trinajstić information content (AvgIpc) is 2.89. The van der Waals surface area contributed by atoms with E-state index in [0.29, 0.717) is 0 Å². The van der Waals surface area contributed by atoms with Gasteiger partial charge in [-0.05, 0) is 24.1 Å². The first kappa shape index (κ1) is 12.5. The molecule has 18 heavy (non-hydrogen) atoms. The van der Waals surface area contributed by atoms with Crippen molar-refractivity contribution in [2.45, 2.75) is 19.0 Å². The van der Waals surface area contributed by atoms with Crippen molar-refractivity contribution in [2.24, 2.45) is 11.5 Å². The van der Waals surface area contributed by atoms with Crippen molar-refractivity contribution in [3.63, 3.8) is 0 Å². The predicted octanol–water partition coefficient (Wildman–Crippen LogP) is 1.84. The van der Waals surface area contributed by atoms with Crippen LogP contribution >= 0.6 is 0 Å². The molecule has 0 fully saturated rings. The van der Waals surface area contributed by atoms with E-state index in [1.165, 1.54) is 0 Å². The maximum atomic E-state index is 6.27. The van der Waals surface area contributed by atoms with Crippen molar-refractivity contribution in [1.29, 1.82) is 0 Å². The van der Waals surface area contributed by atoms with Gasteiger partial charge in [0.05, 0.1) is 6.04 Å². The normalized spacial score (nSPS) is 15.4. The van der Waals surface area contributed by atoms with Crippen LogP contribution in [-0.4, -0.2) is 16.0 Å². The van der Waals surface area contributed by atoms with Gasteiger partial charge in [-0.2, -0.15) is 0 Å². The minimum Gasteiger partial charge on any atom is -0.345 e. The molecule has 1 aromatic carbocycles. The SMILES string of the molecule is C[C@H](N)/C(=C/c1ncc[nH]1)C(N)c1ccccc1. The quantitative estimate of drug-likeness (QED) is 0.765. The lowest BCUT2D eigenvalue weighted by Crippen LogP contribution is -2.27. The molecule has 0 spiro atoms. The number of imidazole rings is 1. The third kappa shape index (κ3) is 2.85. The molecule has 0 amide bonds. The van der Waals surface area contributed by atoms with Crippen LogP contribution < -0.4 is 11.5 Å². The monoisotopic (exact) mass is 242 g/mol. The molecule has 0 aliphatic rings. The smallest absolute Gasteiger partial charge is 0.130 e. The largest absolute Gasteiger partial charge is 0.345 e. The van der Waals surface area contributed by atoms with E-state index in [1.54, 1.807) is 12.4 Å². The first-order chi connectivity index (χ1) is 8.68. The number of rotatable bonds is 4. The molecule has 0 aliphatic heterocycles.